The molecule has 0 aliphatic carbocycles. The van der Waals surface area contributed by atoms with Gasteiger partial charge in [-0.3, -0.25) is 4.79 Å². The van der Waals surface area contributed by atoms with Crippen LogP contribution >= 0.6 is 0 Å². The highest BCUT2D eigenvalue weighted by Gasteiger charge is 2.38. The van der Waals surface area contributed by atoms with E-state index >= 15 is 4.39 Å². The van der Waals surface area contributed by atoms with Gasteiger partial charge in [0.15, 0.2) is 11.6 Å². The van der Waals surface area contributed by atoms with Crippen LogP contribution in [0.2, 0.25) is 0 Å². The maximum atomic E-state index is 15.3. The van der Waals surface area contributed by atoms with Gasteiger partial charge in [0, 0.05) is 57.9 Å². The van der Waals surface area contributed by atoms with Gasteiger partial charge in [-0.1, -0.05) is 6.07 Å². The highest BCUT2D eigenvalue weighted by molar-refractivity contribution is 5.79. The summed E-state index contributed by atoms with van der Waals surface area (Å²) in [6, 6.07) is 10.9. The van der Waals surface area contributed by atoms with Crippen LogP contribution in [0.25, 0.3) is 10.9 Å². The molecule has 0 radical (unpaired) electrons. The lowest BCUT2D eigenvalue weighted by Crippen LogP contribution is -2.36. The minimum absolute atomic E-state index is 0.0572. The van der Waals surface area contributed by atoms with Crippen molar-refractivity contribution in [3.05, 3.63) is 75.6 Å². The van der Waals surface area contributed by atoms with Gasteiger partial charge in [0.2, 0.25) is 0 Å². The number of halogens is 2. The fourth-order valence-corrected chi connectivity index (χ4v) is 3.97. The number of ether oxygens (including phenoxy) is 3. The van der Waals surface area contributed by atoms with E-state index in [4.69, 9.17) is 14.2 Å². The Morgan fingerprint density at radius 2 is 1.87 bits per heavy atom. The Morgan fingerprint density at radius 3 is 2.60 bits per heavy atom. The second kappa shape index (κ2) is 8.16. The van der Waals surface area contributed by atoms with Gasteiger partial charge in [-0.2, -0.15) is 0 Å². The van der Waals surface area contributed by atoms with Gasteiger partial charge in [0.25, 0.3) is 5.56 Å². The molecule has 30 heavy (non-hydrogen) atoms. The summed E-state index contributed by atoms with van der Waals surface area (Å²) in [5.74, 6) is -1.37. The number of rotatable bonds is 5. The lowest BCUT2D eigenvalue weighted by atomic mass is 9.85. The van der Waals surface area contributed by atoms with Crippen molar-refractivity contribution in [3.63, 3.8) is 0 Å². The summed E-state index contributed by atoms with van der Waals surface area (Å²) in [5, 5.41) is 0.860. The Labute approximate surface area is 172 Å². The molecule has 158 valence electrons. The molecule has 3 aromatic rings. The molecule has 5 nitrogen and oxygen atoms in total. The average molecular weight is 415 g/mol. The molecular formula is C23H23F2NO4. The maximum absolute atomic E-state index is 15.3. The quantitative estimate of drug-likeness (QED) is 0.631. The maximum Gasteiger partial charge on any atom is 0.250 e. The Balaban J connectivity index is 1.62. The minimum atomic E-state index is -0.934. The Kier molecular flexibility index (Phi) is 5.58. The number of hydrogen-bond acceptors (Lipinski definition) is 4. The predicted octanol–water partition coefficient (Wildman–Crippen LogP) is 4.05. The second-order valence-corrected chi connectivity index (χ2v) is 7.49. The number of aryl methyl sites for hydroxylation is 1. The first-order valence-electron chi connectivity index (χ1n) is 9.77. The lowest BCUT2D eigenvalue weighted by Gasteiger charge is -2.36. The summed E-state index contributed by atoms with van der Waals surface area (Å²) in [4.78, 5) is 11.8. The fourth-order valence-electron chi connectivity index (χ4n) is 3.97. The number of aromatic nitrogens is 1. The summed E-state index contributed by atoms with van der Waals surface area (Å²) in [6.45, 7) is 0.890. The number of benzene rings is 2. The van der Waals surface area contributed by atoms with Crippen LogP contribution in [0.5, 0.6) is 5.75 Å². The van der Waals surface area contributed by atoms with E-state index in [-0.39, 0.29) is 23.5 Å². The summed E-state index contributed by atoms with van der Waals surface area (Å²) in [6.07, 6.45) is 0.874. The average Bonchev–Trinajstić information content (AvgIpc) is 2.77. The number of methoxy groups -OCH3 is 1. The molecule has 0 saturated carbocycles. The van der Waals surface area contributed by atoms with E-state index in [2.05, 4.69) is 0 Å². The zero-order chi connectivity index (χ0) is 21.3. The normalized spacial score (nSPS) is 16.0. The van der Waals surface area contributed by atoms with E-state index in [0.717, 1.165) is 22.5 Å². The zero-order valence-electron chi connectivity index (χ0n) is 16.9. The molecule has 0 bridgehead atoms. The first-order valence-corrected chi connectivity index (χ1v) is 9.77. The van der Waals surface area contributed by atoms with Crippen molar-refractivity contribution in [2.75, 3.05) is 20.3 Å². The molecule has 1 aliphatic heterocycles. The minimum Gasteiger partial charge on any atom is -0.486 e. The molecule has 4 rings (SSSR count). The fraction of sp³-hybridized carbons (Fsp3) is 0.348. The first kappa shape index (κ1) is 20.5. The number of pyridine rings is 1. The Morgan fingerprint density at radius 1 is 1.10 bits per heavy atom. The van der Waals surface area contributed by atoms with Crippen molar-refractivity contribution in [2.24, 2.45) is 7.05 Å². The first-order chi connectivity index (χ1) is 14.4. The van der Waals surface area contributed by atoms with Crippen LogP contribution in [-0.4, -0.2) is 24.9 Å². The Hall–Kier alpha value is -2.77. The summed E-state index contributed by atoms with van der Waals surface area (Å²) in [5.41, 5.74) is 0.680. The molecule has 0 N–H and O–H groups in total. The van der Waals surface area contributed by atoms with Gasteiger partial charge in [-0.25, -0.2) is 8.78 Å². The molecule has 2 heterocycles. The highest BCUT2D eigenvalue weighted by atomic mass is 19.1. The van der Waals surface area contributed by atoms with Crippen molar-refractivity contribution < 1.29 is 23.0 Å². The SMILES string of the molecule is COC1(c2cc(F)cc(OCc3ccc4c(ccc(=O)n4C)c3)c2F)CCOCC1. The molecule has 1 saturated heterocycles. The third-order valence-electron chi connectivity index (χ3n) is 5.77. The van der Waals surface area contributed by atoms with Crippen molar-refractivity contribution in [1.82, 2.24) is 4.57 Å². The van der Waals surface area contributed by atoms with Crippen LogP contribution in [0, 0.1) is 11.6 Å². The van der Waals surface area contributed by atoms with Crippen molar-refractivity contribution in [1.29, 1.82) is 0 Å². The van der Waals surface area contributed by atoms with Gasteiger partial charge < -0.3 is 18.8 Å². The van der Waals surface area contributed by atoms with Crippen LogP contribution in [0.1, 0.15) is 24.0 Å². The number of nitrogens with zero attached hydrogens (tertiary/aromatic N) is 1. The molecule has 0 atom stereocenters. The lowest BCUT2D eigenvalue weighted by molar-refractivity contribution is -0.0968. The molecule has 0 spiro atoms. The third-order valence-corrected chi connectivity index (χ3v) is 5.77. The van der Waals surface area contributed by atoms with Crippen LogP contribution < -0.4 is 10.3 Å². The van der Waals surface area contributed by atoms with Crippen LogP contribution in [0.15, 0.2) is 47.3 Å². The van der Waals surface area contributed by atoms with Crippen molar-refractivity contribution in [2.45, 2.75) is 25.0 Å². The molecule has 0 amide bonds. The van der Waals surface area contributed by atoms with Crippen LogP contribution in [-0.2, 0) is 28.7 Å². The molecule has 0 unspecified atom stereocenters. The zero-order valence-corrected chi connectivity index (χ0v) is 16.9. The van der Waals surface area contributed by atoms with E-state index in [1.54, 1.807) is 23.7 Å². The largest absolute Gasteiger partial charge is 0.486 e. The van der Waals surface area contributed by atoms with E-state index in [9.17, 15) is 9.18 Å². The second-order valence-electron chi connectivity index (χ2n) is 7.49. The summed E-state index contributed by atoms with van der Waals surface area (Å²) < 4.78 is 47.8. The molecule has 7 heteroatoms. The highest BCUT2D eigenvalue weighted by Crippen LogP contribution is 2.40. The topological polar surface area (TPSA) is 49.7 Å². The summed E-state index contributed by atoms with van der Waals surface area (Å²) >= 11 is 0. The third kappa shape index (κ3) is 3.70. The molecular weight excluding hydrogens is 392 g/mol. The monoisotopic (exact) mass is 415 g/mol. The van der Waals surface area contributed by atoms with Gasteiger partial charge >= 0.3 is 0 Å². The van der Waals surface area contributed by atoms with E-state index in [0.29, 0.717) is 26.1 Å². The van der Waals surface area contributed by atoms with Gasteiger partial charge in [0.1, 0.15) is 18.0 Å². The van der Waals surface area contributed by atoms with E-state index in [1.165, 1.54) is 19.2 Å². The Bertz CT molecular complexity index is 1140. The van der Waals surface area contributed by atoms with Crippen molar-refractivity contribution >= 4 is 10.9 Å². The van der Waals surface area contributed by atoms with Gasteiger partial charge in [0.05, 0.1) is 5.52 Å². The van der Waals surface area contributed by atoms with Gasteiger partial charge in [-0.15, -0.1) is 0 Å². The van der Waals surface area contributed by atoms with Gasteiger partial charge in [-0.05, 0) is 35.2 Å². The predicted molar refractivity (Wildman–Crippen MR) is 109 cm³/mol. The van der Waals surface area contributed by atoms with E-state index < -0.39 is 17.2 Å². The molecule has 1 aliphatic rings. The molecule has 1 fully saturated rings. The van der Waals surface area contributed by atoms with Crippen LogP contribution in [0.3, 0.4) is 0 Å². The number of hydrogen-bond donors (Lipinski definition) is 0. The smallest absolute Gasteiger partial charge is 0.250 e. The molecule has 1 aromatic heterocycles. The van der Waals surface area contributed by atoms with E-state index in [1.807, 2.05) is 12.1 Å². The summed E-state index contributed by atoms with van der Waals surface area (Å²) in [7, 11) is 3.20. The van der Waals surface area contributed by atoms with Crippen molar-refractivity contribution in [3.8, 4) is 5.75 Å². The standard InChI is InChI=1S/C23H23F2NO4/c1-26-19-5-3-15(11-16(19)4-6-21(26)27)14-30-20-13-17(24)12-18(22(20)25)23(28-2)7-9-29-10-8-23/h3-6,11-13H,7-10,14H2,1-2H3. The molecule has 2 aromatic carbocycles. The van der Waals surface area contributed by atoms with Crippen LogP contribution in [0.4, 0.5) is 8.78 Å². The number of fused-ring (bicyclic) bond motifs is 1.